The van der Waals surface area contributed by atoms with E-state index in [1.807, 2.05) is 0 Å². The molecule has 0 fully saturated rings. The molecule has 1 aliphatic rings. The zero-order valence-corrected chi connectivity index (χ0v) is 18.2. The molecule has 0 bridgehead atoms. The first-order valence-corrected chi connectivity index (χ1v) is 11.2. The van der Waals surface area contributed by atoms with Gasteiger partial charge in [0.25, 0.3) is 0 Å². The van der Waals surface area contributed by atoms with E-state index in [0.29, 0.717) is 17.0 Å². The lowest BCUT2D eigenvalue weighted by atomic mass is 10.1. The third-order valence-electron chi connectivity index (χ3n) is 4.99. The number of amides is 1. The van der Waals surface area contributed by atoms with Crippen LogP contribution in [0.25, 0.3) is 0 Å². The largest absolute Gasteiger partial charge is 0.481 e. The number of nitrogens with two attached hydrogens (primary N) is 1. The van der Waals surface area contributed by atoms with Gasteiger partial charge < -0.3 is 20.5 Å². The molecule has 1 amide bonds. The normalized spacial score (nSPS) is 16.3. The molecule has 1 atom stereocenters. The van der Waals surface area contributed by atoms with E-state index < -0.39 is 27.9 Å². The van der Waals surface area contributed by atoms with Crippen LogP contribution < -0.4 is 15.4 Å². The predicted octanol–water partition coefficient (Wildman–Crippen LogP) is 1.04. The van der Waals surface area contributed by atoms with Crippen LogP contribution in [0.3, 0.4) is 0 Å². The molecule has 3 rings (SSSR count). The lowest BCUT2D eigenvalue weighted by molar-refractivity contribution is -0.141. The fourth-order valence-corrected chi connectivity index (χ4v) is 4.93. The second-order valence-corrected chi connectivity index (χ2v) is 8.82. The average Bonchev–Trinajstić information content (AvgIpc) is 2.97. The summed E-state index contributed by atoms with van der Waals surface area (Å²) >= 11 is 0. The van der Waals surface area contributed by atoms with Gasteiger partial charge in [0, 0.05) is 12.2 Å². The highest BCUT2D eigenvalue weighted by Gasteiger charge is 2.41. The van der Waals surface area contributed by atoms with Gasteiger partial charge in [-0.3, -0.25) is 9.59 Å². The SMILES string of the molecule is CC#CCOc1ccc(S(=O)(=O)N2Cc3ccccc3N(C(=O)CN)CC2C(=O)O)cc1. The minimum absolute atomic E-state index is 0.0891. The molecule has 2 aromatic carbocycles. The second-order valence-electron chi connectivity index (χ2n) is 6.93. The lowest BCUT2D eigenvalue weighted by Crippen LogP contribution is -2.51. The van der Waals surface area contributed by atoms with Crippen LogP contribution in [-0.2, 0) is 26.2 Å². The summed E-state index contributed by atoms with van der Waals surface area (Å²) in [4.78, 5) is 25.7. The number of benzene rings is 2. The number of nitrogens with zero attached hydrogens (tertiary/aromatic N) is 2. The van der Waals surface area contributed by atoms with Crippen molar-refractivity contribution in [2.75, 3.05) is 24.6 Å². The molecule has 1 aliphatic heterocycles. The van der Waals surface area contributed by atoms with Crippen molar-refractivity contribution in [2.24, 2.45) is 5.73 Å². The zero-order valence-electron chi connectivity index (χ0n) is 17.4. The number of aliphatic carboxylic acids is 1. The molecular weight excluding hydrogens is 434 g/mol. The number of anilines is 1. The Bertz CT molecular complexity index is 1170. The van der Waals surface area contributed by atoms with Gasteiger partial charge in [0.1, 0.15) is 18.4 Å². The summed E-state index contributed by atoms with van der Waals surface area (Å²) in [5.41, 5.74) is 6.45. The first-order valence-electron chi connectivity index (χ1n) is 9.75. The number of carboxylic acid groups (broad SMARTS) is 1. The maximum Gasteiger partial charge on any atom is 0.323 e. The molecule has 0 aliphatic carbocycles. The van der Waals surface area contributed by atoms with E-state index in [1.54, 1.807) is 31.2 Å². The Balaban J connectivity index is 2.01. The molecule has 1 heterocycles. The molecule has 0 radical (unpaired) electrons. The summed E-state index contributed by atoms with van der Waals surface area (Å²) in [5.74, 6) is 4.00. The summed E-state index contributed by atoms with van der Waals surface area (Å²) < 4.78 is 33.2. The quantitative estimate of drug-likeness (QED) is 0.620. The molecule has 9 nitrogen and oxygen atoms in total. The van der Waals surface area contributed by atoms with Crippen molar-refractivity contribution in [2.45, 2.75) is 24.4 Å². The number of hydrogen-bond donors (Lipinski definition) is 2. The van der Waals surface area contributed by atoms with E-state index in [-0.39, 0.29) is 31.1 Å². The summed E-state index contributed by atoms with van der Waals surface area (Å²) in [6.45, 7) is 0.932. The molecule has 168 valence electrons. The third-order valence-corrected chi connectivity index (χ3v) is 6.86. The van der Waals surface area contributed by atoms with E-state index in [9.17, 15) is 23.1 Å². The van der Waals surface area contributed by atoms with Crippen molar-refractivity contribution in [3.05, 3.63) is 54.1 Å². The van der Waals surface area contributed by atoms with Gasteiger partial charge in [-0.15, -0.1) is 5.92 Å². The Morgan fingerprint density at radius 2 is 1.88 bits per heavy atom. The molecule has 0 aromatic heterocycles. The van der Waals surface area contributed by atoms with Crippen molar-refractivity contribution >= 4 is 27.6 Å². The summed E-state index contributed by atoms with van der Waals surface area (Å²) in [6.07, 6.45) is 0. The summed E-state index contributed by atoms with van der Waals surface area (Å²) in [7, 11) is -4.22. The van der Waals surface area contributed by atoms with Crippen LogP contribution in [0.5, 0.6) is 5.75 Å². The van der Waals surface area contributed by atoms with Crippen LogP contribution in [0.2, 0.25) is 0 Å². The number of para-hydroxylation sites is 1. The van der Waals surface area contributed by atoms with Gasteiger partial charge in [-0.1, -0.05) is 24.1 Å². The van der Waals surface area contributed by atoms with Crippen molar-refractivity contribution in [3.8, 4) is 17.6 Å². The van der Waals surface area contributed by atoms with E-state index in [1.165, 1.54) is 29.2 Å². The molecule has 1 unspecified atom stereocenters. The third kappa shape index (κ3) is 4.75. The Kier molecular flexibility index (Phi) is 7.15. The van der Waals surface area contributed by atoms with Gasteiger partial charge in [-0.25, -0.2) is 8.42 Å². The van der Waals surface area contributed by atoms with Gasteiger partial charge in [0.15, 0.2) is 0 Å². The highest BCUT2D eigenvalue weighted by atomic mass is 32.2. The first kappa shape index (κ1) is 23.3. The maximum absolute atomic E-state index is 13.5. The van der Waals surface area contributed by atoms with E-state index in [4.69, 9.17) is 10.5 Å². The number of rotatable bonds is 6. The predicted molar refractivity (Wildman–Crippen MR) is 117 cm³/mol. The topological polar surface area (TPSA) is 130 Å². The van der Waals surface area contributed by atoms with Crippen molar-refractivity contribution in [1.29, 1.82) is 0 Å². The average molecular weight is 458 g/mol. The Morgan fingerprint density at radius 1 is 1.19 bits per heavy atom. The smallest absolute Gasteiger partial charge is 0.323 e. The van der Waals surface area contributed by atoms with Crippen LogP contribution in [0, 0.1) is 11.8 Å². The summed E-state index contributed by atoms with van der Waals surface area (Å²) in [5, 5.41) is 9.85. The summed E-state index contributed by atoms with van der Waals surface area (Å²) in [6, 6.07) is 10.8. The number of ether oxygens (including phenoxy) is 1. The van der Waals surface area contributed by atoms with Crippen LogP contribution in [-0.4, -0.2) is 55.4 Å². The minimum atomic E-state index is -4.22. The lowest BCUT2D eigenvalue weighted by Gasteiger charge is -2.28. The Labute approximate surface area is 186 Å². The monoisotopic (exact) mass is 457 g/mol. The van der Waals surface area contributed by atoms with Crippen LogP contribution in [0.1, 0.15) is 12.5 Å². The molecule has 0 saturated heterocycles. The van der Waals surface area contributed by atoms with Gasteiger partial charge in [0.05, 0.1) is 18.0 Å². The van der Waals surface area contributed by atoms with Gasteiger partial charge in [-0.2, -0.15) is 4.31 Å². The van der Waals surface area contributed by atoms with E-state index >= 15 is 0 Å². The number of sulfonamides is 1. The van der Waals surface area contributed by atoms with Crippen LogP contribution in [0.4, 0.5) is 5.69 Å². The molecule has 0 spiro atoms. The number of carbonyl (C=O) groups is 2. The molecule has 0 saturated carbocycles. The molecular formula is C22H23N3O6S. The number of carbonyl (C=O) groups excluding carboxylic acids is 1. The molecule has 2 aromatic rings. The number of hydrogen-bond acceptors (Lipinski definition) is 6. The molecule has 3 N–H and O–H groups in total. The van der Waals surface area contributed by atoms with Crippen molar-refractivity contribution in [3.63, 3.8) is 0 Å². The fraction of sp³-hybridized carbons (Fsp3) is 0.273. The second kappa shape index (κ2) is 9.82. The highest BCUT2D eigenvalue weighted by Crippen LogP contribution is 2.31. The maximum atomic E-state index is 13.5. The van der Waals surface area contributed by atoms with Gasteiger partial charge in [-0.05, 0) is 42.8 Å². The van der Waals surface area contributed by atoms with Gasteiger partial charge >= 0.3 is 5.97 Å². The minimum Gasteiger partial charge on any atom is -0.481 e. The molecule has 10 heteroatoms. The standard InChI is InChI=1S/C22H23N3O6S/c1-2-3-12-31-17-8-10-18(11-9-17)32(29,30)25-14-16-6-4-5-7-19(16)24(21(26)13-23)15-20(25)22(27)28/h4-11,20H,12-15,23H2,1H3,(H,27,28). The van der Waals surface area contributed by atoms with Gasteiger partial charge in [0.2, 0.25) is 15.9 Å². The van der Waals surface area contributed by atoms with Crippen LogP contribution in [0.15, 0.2) is 53.4 Å². The zero-order chi connectivity index (χ0) is 23.3. The first-order chi connectivity index (χ1) is 15.3. The van der Waals surface area contributed by atoms with Crippen molar-refractivity contribution < 1.29 is 27.9 Å². The van der Waals surface area contributed by atoms with E-state index in [2.05, 4.69) is 11.8 Å². The van der Waals surface area contributed by atoms with E-state index in [0.717, 1.165) is 4.31 Å². The van der Waals surface area contributed by atoms with Crippen molar-refractivity contribution in [1.82, 2.24) is 4.31 Å². The number of fused-ring (bicyclic) bond motifs is 1. The Hall–Kier alpha value is -3.39. The van der Waals surface area contributed by atoms with Crippen LogP contribution >= 0.6 is 0 Å². The highest BCUT2D eigenvalue weighted by molar-refractivity contribution is 7.89. The molecule has 32 heavy (non-hydrogen) atoms. The fourth-order valence-electron chi connectivity index (χ4n) is 3.38. The number of carboxylic acids is 1. The Morgan fingerprint density at radius 3 is 2.50 bits per heavy atom.